The topological polar surface area (TPSA) is 61.6 Å². The minimum Gasteiger partial charge on any atom is -0.439 e. The van der Waals surface area contributed by atoms with E-state index in [2.05, 4.69) is 33.9 Å². The van der Waals surface area contributed by atoms with E-state index in [1.165, 1.54) is 12.8 Å². The number of halogens is 1. The zero-order chi connectivity index (χ0) is 18.1. The molecule has 1 amide bonds. The number of fused-ring (bicyclic) bond motifs is 4. The van der Waals surface area contributed by atoms with Crippen molar-refractivity contribution in [3.63, 3.8) is 0 Å². The Hall–Kier alpha value is -1.63. The summed E-state index contributed by atoms with van der Waals surface area (Å²) in [5.74, 6) is 1.38. The highest BCUT2D eigenvalue weighted by molar-refractivity contribution is 6.04. The fourth-order valence-electron chi connectivity index (χ4n) is 4.23. The van der Waals surface area contributed by atoms with Crippen LogP contribution in [0.15, 0.2) is 22.6 Å². The Morgan fingerprint density at radius 2 is 2.04 bits per heavy atom. The van der Waals surface area contributed by atoms with Crippen molar-refractivity contribution in [2.45, 2.75) is 45.8 Å². The molecule has 0 aliphatic carbocycles. The van der Waals surface area contributed by atoms with Crippen LogP contribution < -0.4 is 5.32 Å². The third-order valence-electron chi connectivity index (χ3n) is 5.91. The molecular weight excluding hydrogens is 364 g/mol. The third kappa shape index (κ3) is 4.13. The predicted octanol–water partition coefficient (Wildman–Crippen LogP) is 3.26. The average Bonchev–Trinajstić information content (AvgIpc) is 3.09. The van der Waals surface area contributed by atoms with Gasteiger partial charge in [0.25, 0.3) is 5.91 Å². The molecule has 0 saturated carbocycles. The Kier molecular flexibility index (Phi) is 6.40. The number of oxazole rings is 1. The summed E-state index contributed by atoms with van der Waals surface area (Å²) in [4.78, 5) is 22.2. The summed E-state index contributed by atoms with van der Waals surface area (Å²) in [5, 5.41) is 3.23. The first-order valence-corrected chi connectivity index (χ1v) is 9.83. The van der Waals surface area contributed by atoms with E-state index in [4.69, 9.17) is 4.42 Å². The molecule has 0 spiro atoms. The summed E-state index contributed by atoms with van der Waals surface area (Å²) in [7, 11) is 0. The number of carbonyl (C=O) groups is 1. The number of para-hydroxylation sites is 1. The van der Waals surface area contributed by atoms with Gasteiger partial charge in [-0.1, -0.05) is 19.9 Å². The first kappa shape index (κ1) is 20.1. The summed E-state index contributed by atoms with van der Waals surface area (Å²) in [5.41, 5.74) is 1.97. The molecule has 2 bridgehead atoms. The number of nitrogens with one attached hydrogen (secondary N) is 1. The highest BCUT2D eigenvalue weighted by Gasteiger charge is 2.34. The number of piperidine rings is 3. The standard InChI is InChI=1S/C20H28N4O2.ClH/c1-3-23(4-2)13-18-22-19-15(6-5-7-16(19)26-18)20(25)21-17-12-14-8-10-24(17)11-9-14;/h5-7,14,17H,3-4,8-13H2,1-2H3,(H,21,25);1H/t17-;/m0./s1. The third-order valence-corrected chi connectivity index (χ3v) is 5.91. The van der Waals surface area contributed by atoms with Gasteiger partial charge in [0.1, 0.15) is 5.52 Å². The molecule has 0 unspecified atom stereocenters. The maximum absolute atomic E-state index is 12.9. The van der Waals surface area contributed by atoms with Crippen molar-refractivity contribution < 1.29 is 9.21 Å². The largest absolute Gasteiger partial charge is 0.439 e. The number of rotatable bonds is 6. The van der Waals surface area contributed by atoms with Gasteiger partial charge in [-0.3, -0.25) is 14.6 Å². The lowest BCUT2D eigenvalue weighted by atomic mass is 9.86. The minimum absolute atomic E-state index is 0. The molecule has 1 N–H and O–H groups in total. The fourth-order valence-corrected chi connectivity index (χ4v) is 4.23. The molecule has 6 nitrogen and oxygen atoms in total. The SMILES string of the molecule is CCN(CC)Cc1nc2c(C(=O)N[C@@H]3CC4CCN3CC4)cccc2o1.Cl. The molecule has 3 saturated heterocycles. The molecule has 1 aromatic carbocycles. The number of carbonyl (C=O) groups excluding carboxylic acids is 1. The van der Waals surface area contributed by atoms with Gasteiger partial charge >= 0.3 is 0 Å². The van der Waals surface area contributed by atoms with Gasteiger partial charge < -0.3 is 9.73 Å². The van der Waals surface area contributed by atoms with Gasteiger partial charge in [0.2, 0.25) is 5.89 Å². The molecule has 7 heteroatoms. The highest BCUT2D eigenvalue weighted by atomic mass is 35.5. The van der Waals surface area contributed by atoms with Gasteiger partial charge in [-0.05, 0) is 50.4 Å². The van der Waals surface area contributed by atoms with Gasteiger partial charge in [-0.25, -0.2) is 4.98 Å². The van der Waals surface area contributed by atoms with E-state index in [-0.39, 0.29) is 24.5 Å². The van der Waals surface area contributed by atoms with Crippen LogP contribution in [0.4, 0.5) is 0 Å². The molecular formula is C20H29ClN4O2. The van der Waals surface area contributed by atoms with Crippen LogP contribution in [0, 0.1) is 5.92 Å². The van der Waals surface area contributed by atoms with Crippen molar-refractivity contribution >= 4 is 29.4 Å². The Labute approximate surface area is 166 Å². The quantitative estimate of drug-likeness (QED) is 0.817. The number of hydrogen-bond acceptors (Lipinski definition) is 5. The van der Waals surface area contributed by atoms with Crippen LogP contribution in [0.2, 0.25) is 0 Å². The first-order chi connectivity index (χ1) is 12.7. The molecule has 3 aliphatic rings. The zero-order valence-corrected chi connectivity index (χ0v) is 16.9. The summed E-state index contributed by atoms with van der Waals surface area (Å²) >= 11 is 0. The Bertz CT molecular complexity index is 781. The van der Waals surface area contributed by atoms with Crippen LogP contribution >= 0.6 is 12.4 Å². The molecule has 3 fully saturated rings. The molecule has 1 aromatic heterocycles. The van der Waals surface area contributed by atoms with Crippen molar-refractivity contribution in [2.75, 3.05) is 26.2 Å². The maximum Gasteiger partial charge on any atom is 0.254 e. The van der Waals surface area contributed by atoms with Gasteiger partial charge in [-0.15, -0.1) is 12.4 Å². The lowest BCUT2D eigenvalue weighted by Crippen LogP contribution is -2.56. The monoisotopic (exact) mass is 392 g/mol. The molecule has 1 atom stereocenters. The Morgan fingerprint density at radius 1 is 1.30 bits per heavy atom. The van der Waals surface area contributed by atoms with Gasteiger partial charge in [-0.2, -0.15) is 0 Å². The first-order valence-electron chi connectivity index (χ1n) is 9.83. The van der Waals surface area contributed by atoms with E-state index in [1.807, 2.05) is 18.2 Å². The summed E-state index contributed by atoms with van der Waals surface area (Å²) < 4.78 is 5.89. The van der Waals surface area contributed by atoms with Crippen LogP contribution in [-0.4, -0.2) is 53.0 Å². The van der Waals surface area contributed by atoms with E-state index in [1.54, 1.807) is 0 Å². The lowest BCUT2D eigenvalue weighted by Gasteiger charge is -2.45. The van der Waals surface area contributed by atoms with Crippen LogP contribution in [0.25, 0.3) is 11.1 Å². The second kappa shape index (κ2) is 8.59. The van der Waals surface area contributed by atoms with Crippen molar-refractivity contribution in [3.8, 4) is 0 Å². The molecule has 4 heterocycles. The van der Waals surface area contributed by atoms with E-state index in [0.717, 1.165) is 38.5 Å². The predicted molar refractivity (Wildman–Crippen MR) is 108 cm³/mol. The number of hydrogen-bond donors (Lipinski definition) is 1. The van der Waals surface area contributed by atoms with Crippen LogP contribution in [0.3, 0.4) is 0 Å². The van der Waals surface area contributed by atoms with Gasteiger partial charge in [0.05, 0.1) is 18.3 Å². The van der Waals surface area contributed by atoms with Crippen molar-refractivity contribution in [3.05, 3.63) is 29.7 Å². The fraction of sp³-hybridized carbons (Fsp3) is 0.600. The van der Waals surface area contributed by atoms with E-state index < -0.39 is 0 Å². The summed E-state index contributed by atoms with van der Waals surface area (Å²) in [6, 6.07) is 5.60. The van der Waals surface area contributed by atoms with E-state index in [0.29, 0.717) is 29.1 Å². The van der Waals surface area contributed by atoms with Gasteiger partial charge in [0, 0.05) is 13.1 Å². The number of amides is 1. The zero-order valence-electron chi connectivity index (χ0n) is 16.1. The maximum atomic E-state index is 12.9. The normalized spacial score (nSPS) is 24.2. The molecule has 27 heavy (non-hydrogen) atoms. The smallest absolute Gasteiger partial charge is 0.254 e. The molecule has 2 aromatic rings. The van der Waals surface area contributed by atoms with Crippen LogP contribution in [0.1, 0.15) is 49.4 Å². The number of aromatic nitrogens is 1. The minimum atomic E-state index is -0.0455. The highest BCUT2D eigenvalue weighted by Crippen LogP contribution is 2.31. The van der Waals surface area contributed by atoms with Crippen LogP contribution in [-0.2, 0) is 6.54 Å². The second-order valence-corrected chi connectivity index (χ2v) is 7.43. The number of benzene rings is 1. The van der Waals surface area contributed by atoms with Crippen molar-refractivity contribution in [2.24, 2.45) is 5.92 Å². The Morgan fingerprint density at radius 3 is 2.67 bits per heavy atom. The molecule has 148 valence electrons. The van der Waals surface area contributed by atoms with Crippen molar-refractivity contribution in [1.82, 2.24) is 20.1 Å². The molecule has 0 radical (unpaired) electrons. The summed E-state index contributed by atoms with van der Waals surface area (Å²) in [6.07, 6.45) is 3.75. The van der Waals surface area contributed by atoms with Crippen LogP contribution in [0.5, 0.6) is 0 Å². The molecule has 5 rings (SSSR count). The van der Waals surface area contributed by atoms with Gasteiger partial charge in [0.15, 0.2) is 5.58 Å². The molecule has 3 aliphatic heterocycles. The average molecular weight is 393 g/mol. The summed E-state index contributed by atoms with van der Waals surface area (Å²) in [6.45, 7) is 9.00. The number of nitrogens with zero attached hydrogens (tertiary/aromatic N) is 3. The second-order valence-electron chi connectivity index (χ2n) is 7.43. The lowest BCUT2D eigenvalue weighted by molar-refractivity contribution is 0.0295. The van der Waals surface area contributed by atoms with Crippen molar-refractivity contribution in [1.29, 1.82) is 0 Å². The van der Waals surface area contributed by atoms with E-state index >= 15 is 0 Å². The van der Waals surface area contributed by atoms with E-state index in [9.17, 15) is 4.79 Å². The Balaban J connectivity index is 0.00000210.